The average Bonchev–Trinajstić information content (AvgIpc) is 2.98. The van der Waals surface area contributed by atoms with E-state index >= 15 is 0 Å². The maximum absolute atomic E-state index is 11.8. The van der Waals surface area contributed by atoms with Crippen LogP contribution in [0.2, 0.25) is 0 Å². The van der Waals surface area contributed by atoms with E-state index in [-0.39, 0.29) is 6.42 Å². The number of ether oxygens (including phenoxy) is 1. The zero-order valence-electron chi connectivity index (χ0n) is 11.7. The molecule has 0 saturated carbocycles. The summed E-state index contributed by atoms with van der Waals surface area (Å²) in [6.45, 7) is 1.96. The van der Waals surface area contributed by atoms with Crippen LogP contribution in [0.5, 0.6) is 0 Å². The van der Waals surface area contributed by atoms with Crippen molar-refractivity contribution in [2.24, 2.45) is 5.92 Å². The number of imidazole rings is 1. The largest absolute Gasteiger partial charge is 0.480 e. The third kappa shape index (κ3) is 5.07. The van der Waals surface area contributed by atoms with Crippen molar-refractivity contribution in [1.29, 1.82) is 0 Å². The van der Waals surface area contributed by atoms with Gasteiger partial charge in [-0.15, -0.1) is 0 Å². The van der Waals surface area contributed by atoms with Crippen molar-refractivity contribution in [3.8, 4) is 0 Å². The number of aliphatic carboxylic acids is 1. The monoisotopic (exact) mass is 296 g/mol. The topological polar surface area (TPSA) is 116 Å². The number of carboxylic acids is 1. The summed E-state index contributed by atoms with van der Waals surface area (Å²) in [4.78, 5) is 29.6. The number of rotatable bonds is 6. The molecule has 1 aromatic heterocycles. The number of urea groups is 1. The lowest BCUT2D eigenvalue weighted by molar-refractivity contribution is -0.139. The third-order valence-electron chi connectivity index (χ3n) is 3.47. The van der Waals surface area contributed by atoms with Crippen molar-refractivity contribution in [3.05, 3.63) is 18.2 Å². The van der Waals surface area contributed by atoms with Gasteiger partial charge in [-0.25, -0.2) is 14.6 Å². The lowest BCUT2D eigenvalue weighted by Crippen LogP contribution is -2.48. The SMILES string of the molecule is O=C(NCC1CCOCC1)N[C@H](Cc1cnc[nH]1)C(=O)O. The normalized spacial score (nSPS) is 17.1. The number of aromatic nitrogens is 2. The van der Waals surface area contributed by atoms with Crippen molar-refractivity contribution >= 4 is 12.0 Å². The second kappa shape index (κ2) is 7.63. The lowest BCUT2D eigenvalue weighted by Gasteiger charge is -2.22. The molecule has 116 valence electrons. The standard InChI is InChI=1S/C13H20N4O4/c18-12(19)11(5-10-7-14-8-16-10)17-13(20)15-6-9-1-3-21-4-2-9/h7-9,11H,1-6H2,(H,14,16)(H,18,19)(H2,15,17,20)/t11-/m1/s1. The Morgan fingerprint density at radius 3 is 2.86 bits per heavy atom. The summed E-state index contributed by atoms with van der Waals surface area (Å²) in [6.07, 6.45) is 5.00. The first-order chi connectivity index (χ1) is 10.1. The third-order valence-corrected chi connectivity index (χ3v) is 3.47. The van der Waals surface area contributed by atoms with E-state index in [0.29, 0.717) is 31.4 Å². The smallest absolute Gasteiger partial charge is 0.326 e. The number of hydrogen-bond acceptors (Lipinski definition) is 4. The van der Waals surface area contributed by atoms with Gasteiger partial charge in [0.1, 0.15) is 6.04 Å². The Morgan fingerprint density at radius 2 is 2.24 bits per heavy atom. The van der Waals surface area contributed by atoms with Gasteiger partial charge in [0, 0.05) is 38.1 Å². The minimum Gasteiger partial charge on any atom is -0.480 e. The number of H-pyrrole nitrogens is 1. The molecule has 2 heterocycles. The summed E-state index contributed by atoms with van der Waals surface area (Å²) in [6, 6.07) is -1.45. The summed E-state index contributed by atoms with van der Waals surface area (Å²) in [5, 5.41) is 14.3. The van der Waals surface area contributed by atoms with Gasteiger partial charge in [0.15, 0.2) is 0 Å². The predicted molar refractivity (Wildman–Crippen MR) is 73.8 cm³/mol. The fraction of sp³-hybridized carbons (Fsp3) is 0.615. The Hall–Kier alpha value is -2.09. The van der Waals surface area contributed by atoms with Crippen LogP contribution in [0, 0.1) is 5.92 Å². The van der Waals surface area contributed by atoms with Gasteiger partial charge in [0.05, 0.1) is 6.33 Å². The van der Waals surface area contributed by atoms with E-state index in [9.17, 15) is 9.59 Å². The van der Waals surface area contributed by atoms with Crippen molar-refractivity contribution in [1.82, 2.24) is 20.6 Å². The molecule has 2 rings (SSSR count). The van der Waals surface area contributed by atoms with Gasteiger partial charge in [0.25, 0.3) is 0 Å². The summed E-state index contributed by atoms with van der Waals surface area (Å²) in [5.41, 5.74) is 0.659. The van der Waals surface area contributed by atoms with E-state index in [0.717, 1.165) is 12.8 Å². The van der Waals surface area contributed by atoms with Gasteiger partial charge in [-0.2, -0.15) is 0 Å². The molecule has 0 aromatic carbocycles. The molecule has 0 bridgehead atoms. The molecule has 8 heteroatoms. The van der Waals surface area contributed by atoms with E-state index in [1.807, 2.05) is 0 Å². The van der Waals surface area contributed by atoms with Crippen LogP contribution in [0.3, 0.4) is 0 Å². The van der Waals surface area contributed by atoms with E-state index in [1.54, 1.807) is 0 Å². The fourth-order valence-corrected chi connectivity index (χ4v) is 2.21. The molecular weight excluding hydrogens is 276 g/mol. The number of carboxylic acid groups (broad SMARTS) is 1. The number of amides is 2. The minimum atomic E-state index is -1.08. The number of carbonyl (C=O) groups excluding carboxylic acids is 1. The zero-order chi connectivity index (χ0) is 15.1. The molecule has 0 aliphatic carbocycles. The second-order valence-electron chi connectivity index (χ2n) is 5.08. The van der Waals surface area contributed by atoms with Gasteiger partial charge in [-0.1, -0.05) is 0 Å². The van der Waals surface area contributed by atoms with Gasteiger partial charge in [-0.3, -0.25) is 0 Å². The number of carbonyl (C=O) groups is 2. The highest BCUT2D eigenvalue weighted by Gasteiger charge is 2.21. The molecule has 1 aliphatic heterocycles. The number of nitrogens with zero attached hydrogens (tertiary/aromatic N) is 1. The maximum atomic E-state index is 11.8. The minimum absolute atomic E-state index is 0.167. The number of aromatic amines is 1. The van der Waals surface area contributed by atoms with Gasteiger partial charge >= 0.3 is 12.0 Å². The Bertz CT molecular complexity index is 457. The molecule has 1 aromatic rings. The highest BCUT2D eigenvalue weighted by molar-refractivity contribution is 5.82. The van der Waals surface area contributed by atoms with Crippen LogP contribution in [0.25, 0.3) is 0 Å². The second-order valence-corrected chi connectivity index (χ2v) is 5.08. The van der Waals surface area contributed by atoms with Crippen LogP contribution >= 0.6 is 0 Å². The molecule has 1 aliphatic rings. The molecule has 2 amide bonds. The van der Waals surface area contributed by atoms with Crippen LogP contribution in [0.15, 0.2) is 12.5 Å². The van der Waals surface area contributed by atoms with E-state index in [4.69, 9.17) is 9.84 Å². The lowest BCUT2D eigenvalue weighted by atomic mass is 10.0. The van der Waals surface area contributed by atoms with Crippen LogP contribution in [0.1, 0.15) is 18.5 Å². The van der Waals surface area contributed by atoms with Crippen LogP contribution in [-0.4, -0.2) is 52.9 Å². The molecule has 8 nitrogen and oxygen atoms in total. The molecule has 4 N–H and O–H groups in total. The Kier molecular flexibility index (Phi) is 5.56. The van der Waals surface area contributed by atoms with Crippen LogP contribution in [-0.2, 0) is 16.0 Å². The molecule has 1 fully saturated rings. The van der Waals surface area contributed by atoms with E-state index in [2.05, 4.69) is 20.6 Å². The molecule has 1 saturated heterocycles. The first-order valence-corrected chi connectivity index (χ1v) is 6.97. The zero-order valence-corrected chi connectivity index (χ0v) is 11.7. The summed E-state index contributed by atoms with van der Waals surface area (Å²) in [7, 11) is 0. The molecule has 21 heavy (non-hydrogen) atoms. The molecule has 0 unspecified atom stereocenters. The molecular formula is C13H20N4O4. The first kappa shape index (κ1) is 15.3. The Morgan fingerprint density at radius 1 is 1.48 bits per heavy atom. The van der Waals surface area contributed by atoms with E-state index < -0.39 is 18.0 Å². The summed E-state index contributed by atoms with van der Waals surface area (Å²) in [5.74, 6) is -0.689. The highest BCUT2D eigenvalue weighted by atomic mass is 16.5. The van der Waals surface area contributed by atoms with Crippen LogP contribution < -0.4 is 10.6 Å². The van der Waals surface area contributed by atoms with Crippen molar-refractivity contribution in [3.63, 3.8) is 0 Å². The average molecular weight is 296 g/mol. The predicted octanol–water partition coefficient (Wildman–Crippen LogP) is 0.131. The van der Waals surface area contributed by atoms with Gasteiger partial charge in [-0.05, 0) is 18.8 Å². The Balaban J connectivity index is 1.76. The van der Waals surface area contributed by atoms with Crippen molar-refractivity contribution < 1.29 is 19.4 Å². The fourth-order valence-electron chi connectivity index (χ4n) is 2.21. The highest BCUT2D eigenvalue weighted by Crippen LogP contribution is 2.13. The number of hydrogen-bond donors (Lipinski definition) is 4. The molecule has 0 spiro atoms. The van der Waals surface area contributed by atoms with Gasteiger partial charge in [0.2, 0.25) is 0 Å². The van der Waals surface area contributed by atoms with Crippen LogP contribution in [0.4, 0.5) is 4.79 Å². The molecule has 0 radical (unpaired) electrons. The first-order valence-electron chi connectivity index (χ1n) is 6.97. The number of nitrogens with one attached hydrogen (secondary N) is 3. The Labute approximate surface area is 122 Å². The van der Waals surface area contributed by atoms with Crippen molar-refractivity contribution in [2.45, 2.75) is 25.3 Å². The van der Waals surface area contributed by atoms with Crippen molar-refractivity contribution in [2.75, 3.05) is 19.8 Å². The quantitative estimate of drug-likeness (QED) is 0.595. The van der Waals surface area contributed by atoms with Gasteiger partial charge < -0.3 is 25.5 Å². The maximum Gasteiger partial charge on any atom is 0.326 e. The molecule has 1 atom stereocenters. The van der Waals surface area contributed by atoms with E-state index in [1.165, 1.54) is 12.5 Å². The summed E-state index contributed by atoms with van der Waals surface area (Å²) < 4.78 is 5.25. The summed E-state index contributed by atoms with van der Waals surface area (Å²) >= 11 is 0.